The number of benzene rings is 1. The van der Waals surface area contributed by atoms with Gasteiger partial charge in [0.25, 0.3) is 0 Å². The number of halogens is 3. The second-order valence-corrected chi connectivity index (χ2v) is 5.88. The van der Waals surface area contributed by atoms with Crippen molar-refractivity contribution in [2.75, 3.05) is 7.11 Å². The van der Waals surface area contributed by atoms with E-state index in [9.17, 15) is 0 Å². The summed E-state index contributed by atoms with van der Waals surface area (Å²) in [7, 11) is 1.57. The minimum atomic E-state index is 0.252. The number of ether oxygens (including phenoxy) is 1. The number of rotatable bonds is 3. The van der Waals surface area contributed by atoms with Crippen molar-refractivity contribution in [3.63, 3.8) is 0 Å². The fourth-order valence-electron chi connectivity index (χ4n) is 2.10. The molecule has 0 bridgehead atoms. The van der Waals surface area contributed by atoms with Crippen LogP contribution >= 0.6 is 39.1 Å². The van der Waals surface area contributed by atoms with Crippen molar-refractivity contribution in [1.29, 1.82) is 0 Å². The topological polar surface area (TPSA) is 39.9 Å². The quantitative estimate of drug-likeness (QED) is 0.618. The van der Waals surface area contributed by atoms with Crippen molar-refractivity contribution in [3.05, 3.63) is 45.7 Å². The van der Waals surface area contributed by atoms with Gasteiger partial charge in [0.15, 0.2) is 5.65 Å². The first-order chi connectivity index (χ1) is 10.1. The maximum absolute atomic E-state index is 6.32. The highest BCUT2D eigenvalue weighted by Gasteiger charge is 2.16. The Bertz CT molecular complexity index is 819. The van der Waals surface area contributed by atoms with Gasteiger partial charge in [-0.05, 0) is 24.3 Å². The van der Waals surface area contributed by atoms with Gasteiger partial charge in [0, 0.05) is 10.5 Å². The molecule has 0 aliphatic carbocycles. The molecule has 1 aromatic carbocycles. The van der Waals surface area contributed by atoms with Crippen LogP contribution in [0.3, 0.4) is 0 Å². The lowest BCUT2D eigenvalue weighted by atomic mass is 10.3. The molecule has 4 nitrogen and oxygen atoms in total. The maximum Gasteiger partial charge on any atom is 0.215 e. The Morgan fingerprint density at radius 2 is 2.05 bits per heavy atom. The molecule has 0 unspecified atom stereocenters. The van der Waals surface area contributed by atoms with Gasteiger partial charge in [-0.15, -0.1) is 11.6 Å². The molecule has 0 saturated heterocycles. The molecule has 0 atom stereocenters. The van der Waals surface area contributed by atoms with Crippen molar-refractivity contribution in [3.8, 4) is 11.6 Å². The monoisotopic (exact) mass is 385 g/mol. The summed E-state index contributed by atoms with van der Waals surface area (Å²) in [5.74, 6) is 1.44. The van der Waals surface area contributed by atoms with Gasteiger partial charge in [0.1, 0.15) is 11.3 Å². The Kier molecular flexibility index (Phi) is 4.06. The molecule has 0 fully saturated rings. The first-order valence-corrected chi connectivity index (χ1v) is 7.78. The van der Waals surface area contributed by atoms with Crippen LogP contribution in [0.2, 0.25) is 5.02 Å². The standard InChI is InChI=1S/C14H10BrCl2N3O/c1-21-13-5-4-10-14(19-13)20(12(7-16)18-10)11-6-8(15)2-3-9(11)17/h2-6H,7H2,1H3. The number of hydrogen-bond donors (Lipinski definition) is 0. The van der Waals surface area contributed by atoms with Crippen LogP contribution in [0.1, 0.15) is 5.82 Å². The molecule has 0 amide bonds. The number of fused-ring (bicyclic) bond motifs is 1. The molecule has 3 aromatic rings. The normalized spacial score (nSPS) is 11.0. The molecule has 0 spiro atoms. The van der Waals surface area contributed by atoms with Crippen LogP contribution in [-0.2, 0) is 5.88 Å². The highest BCUT2D eigenvalue weighted by Crippen LogP contribution is 2.30. The largest absolute Gasteiger partial charge is 0.481 e. The van der Waals surface area contributed by atoms with Gasteiger partial charge in [-0.25, -0.2) is 4.98 Å². The zero-order valence-electron chi connectivity index (χ0n) is 11.0. The summed E-state index contributed by atoms with van der Waals surface area (Å²) in [4.78, 5) is 8.95. The Labute approximate surface area is 139 Å². The van der Waals surface area contributed by atoms with Crippen molar-refractivity contribution < 1.29 is 4.74 Å². The lowest BCUT2D eigenvalue weighted by Gasteiger charge is -2.10. The second kappa shape index (κ2) is 5.83. The summed E-state index contributed by atoms with van der Waals surface area (Å²) in [6.45, 7) is 0. The molecule has 0 aliphatic heterocycles. The molecular formula is C14H10BrCl2N3O. The van der Waals surface area contributed by atoms with E-state index in [1.807, 2.05) is 28.8 Å². The van der Waals surface area contributed by atoms with Crippen molar-refractivity contribution in [2.45, 2.75) is 5.88 Å². The third-order valence-corrected chi connectivity index (χ3v) is 4.08. The molecule has 0 radical (unpaired) electrons. The fourth-order valence-corrected chi connectivity index (χ4v) is 2.83. The molecule has 3 rings (SSSR count). The number of hydrogen-bond acceptors (Lipinski definition) is 3. The number of aromatic nitrogens is 3. The molecular weight excluding hydrogens is 377 g/mol. The van der Waals surface area contributed by atoms with E-state index in [1.165, 1.54) is 0 Å². The van der Waals surface area contributed by atoms with Gasteiger partial charge in [-0.1, -0.05) is 27.5 Å². The SMILES string of the molecule is COc1ccc2nc(CCl)n(-c3cc(Br)ccc3Cl)c2n1. The first-order valence-electron chi connectivity index (χ1n) is 6.08. The fraction of sp³-hybridized carbons (Fsp3) is 0.143. The van der Waals surface area contributed by atoms with Crippen LogP contribution in [0.15, 0.2) is 34.8 Å². The first kappa shape index (κ1) is 14.6. The zero-order valence-corrected chi connectivity index (χ0v) is 14.1. The number of alkyl halides is 1. The Morgan fingerprint density at radius 3 is 2.76 bits per heavy atom. The molecule has 0 aliphatic rings. The van der Waals surface area contributed by atoms with Gasteiger partial charge < -0.3 is 4.74 Å². The molecule has 2 aromatic heterocycles. The van der Waals surface area contributed by atoms with Crippen LogP contribution in [-0.4, -0.2) is 21.6 Å². The summed E-state index contributed by atoms with van der Waals surface area (Å²) in [5.41, 5.74) is 2.16. The van der Waals surface area contributed by atoms with E-state index in [-0.39, 0.29) is 5.88 Å². The van der Waals surface area contributed by atoms with Crippen LogP contribution in [0.4, 0.5) is 0 Å². The van der Waals surface area contributed by atoms with Crippen molar-refractivity contribution >= 4 is 50.3 Å². The van der Waals surface area contributed by atoms with E-state index in [4.69, 9.17) is 27.9 Å². The summed E-state index contributed by atoms with van der Waals surface area (Å²) in [5, 5.41) is 0.591. The smallest absolute Gasteiger partial charge is 0.215 e. The molecule has 0 N–H and O–H groups in total. The Balaban J connectivity index is 2.36. The Hall–Kier alpha value is -1.30. The zero-order chi connectivity index (χ0) is 15.0. The molecule has 108 valence electrons. The highest BCUT2D eigenvalue weighted by atomic mass is 79.9. The van der Waals surface area contributed by atoms with Gasteiger partial charge in [0.2, 0.25) is 5.88 Å². The van der Waals surface area contributed by atoms with E-state index >= 15 is 0 Å². The minimum absolute atomic E-state index is 0.252. The molecule has 21 heavy (non-hydrogen) atoms. The third kappa shape index (κ3) is 2.61. The Morgan fingerprint density at radius 1 is 1.24 bits per heavy atom. The van der Waals surface area contributed by atoms with Crippen LogP contribution in [0.5, 0.6) is 5.88 Å². The van der Waals surface area contributed by atoms with E-state index in [2.05, 4.69) is 25.9 Å². The number of nitrogens with zero attached hydrogens (tertiary/aromatic N) is 3. The maximum atomic E-state index is 6.32. The van der Waals surface area contributed by atoms with Crippen LogP contribution in [0.25, 0.3) is 16.9 Å². The molecule has 7 heteroatoms. The number of pyridine rings is 1. The van der Waals surface area contributed by atoms with Gasteiger partial charge in [-0.2, -0.15) is 4.98 Å². The molecule has 0 saturated carbocycles. The van der Waals surface area contributed by atoms with Crippen LogP contribution in [0, 0.1) is 0 Å². The summed E-state index contributed by atoms with van der Waals surface area (Å²) in [6, 6.07) is 9.20. The van der Waals surface area contributed by atoms with Gasteiger partial charge in [-0.3, -0.25) is 4.57 Å². The van der Waals surface area contributed by atoms with Crippen molar-refractivity contribution in [2.24, 2.45) is 0 Å². The summed E-state index contributed by atoms with van der Waals surface area (Å²) < 4.78 is 7.94. The van der Waals surface area contributed by atoms with E-state index in [1.54, 1.807) is 13.2 Å². The van der Waals surface area contributed by atoms with E-state index < -0.39 is 0 Å². The summed E-state index contributed by atoms with van der Waals surface area (Å²) in [6.07, 6.45) is 0. The predicted octanol–water partition coefficient (Wildman–Crippen LogP) is 4.58. The second-order valence-electron chi connectivity index (χ2n) is 4.29. The predicted molar refractivity (Wildman–Crippen MR) is 87.7 cm³/mol. The minimum Gasteiger partial charge on any atom is -0.481 e. The van der Waals surface area contributed by atoms with Gasteiger partial charge >= 0.3 is 0 Å². The lowest BCUT2D eigenvalue weighted by Crippen LogP contribution is -2.01. The summed E-state index contributed by atoms with van der Waals surface area (Å²) >= 11 is 15.8. The van der Waals surface area contributed by atoms with Crippen molar-refractivity contribution in [1.82, 2.24) is 14.5 Å². The van der Waals surface area contributed by atoms with Gasteiger partial charge in [0.05, 0.1) is 23.7 Å². The molecule has 2 heterocycles. The highest BCUT2D eigenvalue weighted by molar-refractivity contribution is 9.10. The van der Waals surface area contributed by atoms with E-state index in [0.29, 0.717) is 22.4 Å². The average molecular weight is 387 g/mol. The lowest BCUT2D eigenvalue weighted by molar-refractivity contribution is 0.399. The number of methoxy groups -OCH3 is 1. The number of imidazole rings is 1. The van der Waals surface area contributed by atoms with E-state index in [0.717, 1.165) is 15.7 Å². The van der Waals surface area contributed by atoms with Crippen LogP contribution < -0.4 is 4.74 Å². The third-order valence-electron chi connectivity index (χ3n) is 3.03. The average Bonchev–Trinajstić information content (AvgIpc) is 2.87.